The minimum atomic E-state index is 0.551. The van der Waals surface area contributed by atoms with Gasteiger partial charge >= 0.3 is 0 Å². The summed E-state index contributed by atoms with van der Waals surface area (Å²) in [4.78, 5) is 2.05. The Kier molecular flexibility index (Phi) is 4.46. The summed E-state index contributed by atoms with van der Waals surface area (Å²) in [6, 6.07) is 13.9. The SMILES string of the molecule is CCCCN(c1ccccc1)c1nnccc1C#N. The highest BCUT2D eigenvalue weighted by Gasteiger charge is 2.14. The summed E-state index contributed by atoms with van der Waals surface area (Å²) < 4.78 is 0. The van der Waals surface area contributed by atoms with Crippen molar-refractivity contribution >= 4 is 11.5 Å². The molecule has 96 valence electrons. The van der Waals surface area contributed by atoms with Gasteiger partial charge in [0.2, 0.25) is 0 Å². The topological polar surface area (TPSA) is 52.8 Å². The molecule has 0 amide bonds. The van der Waals surface area contributed by atoms with E-state index < -0.39 is 0 Å². The van der Waals surface area contributed by atoms with Crippen LogP contribution in [0.1, 0.15) is 25.3 Å². The van der Waals surface area contributed by atoms with Crippen LogP contribution in [0.3, 0.4) is 0 Å². The van der Waals surface area contributed by atoms with Gasteiger partial charge in [-0.15, -0.1) is 5.10 Å². The number of rotatable bonds is 5. The van der Waals surface area contributed by atoms with Gasteiger partial charge in [-0.1, -0.05) is 31.5 Å². The van der Waals surface area contributed by atoms with Gasteiger partial charge in [-0.3, -0.25) is 0 Å². The molecule has 19 heavy (non-hydrogen) atoms. The smallest absolute Gasteiger partial charge is 0.173 e. The van der Waals surface area contributed by atoms with E-state index in [0.717, 1.165) is 25.1 Å². The number of nitriles is 1. The molecule has 0 radical (unpaired) electrons. The first kappa shape index (κ1) is 13.0. The van der Waals surface area contributed by atoms with Crippen LogP contribution in [0.4, 0.5) is 11.5 Å². The van der Waals surface area contributed by atoms with E-state index >= 15 is 0 Å². The summed E-state index contributed by atoms with van der Waals surface area (Å²) >= 11 is 0. The van der Waals surface area contributed by atoms with Crippen molar-refractivity contribution in [2.75, 3.05) is 11.4 Å². The van der Waals surface area contributed by atoms with E-state index in [4.69, 9.17) is 0 Å². The van der Waals surface area contributed by atoms with E-state index in [1.54, 1.807) is 12.3 Å². The first-order chi connectivity index (χ1) is 9.36. The molecule has 0 bridgehead atoms. The van der Waals surface area contributed by atoms with Crippen LogP contribution in [0, 0.1) is 11.3 Å². The molecular formula is C15H16N4. The molecule has 0 aliphatic carbocycles. The molecule has 2 rings (SSSR count). The molecule has 0 saturated heterocycles. The number of hydrogen-bond acceptors (Lipinski definition) is 4. The fourth-order valence-corrected chi connectivity index (χ4v) is 1.89. The highest BCUT2D eigenvalue weighted by Crippen LogP contribution is 2.25. The van der Waals surface area contributed by atoms with E-state index in [9.17, 15) is 5.26 Å². The van der Waals surface area contributed by atoms with Gasteiger partial charge in [-0.2, -0.15) is 10.4 Å². The molecule has 1 aromatic carbocycles. The fourth-order valence-electron chi connectivity index (χ4n) is 1.89. The molecule has 0 saturated carbocycles. The number of anilines is 2. The zero-order valence-electron chi connectivity index (χ0n) is 11.0. The monoisotopic (exact) mass is 252 g/mol. The van der Waals surface area contributed by atoms with Gasteiger partial charge < -0.3 is 4.90 Å². The van der Waals surface area contributed by atoms with E-state index in [-0.39, 0.29) is 0 Å². The van der Waals surface area contributed by atoms with Crippen LogP contribution in [0.15, 0.2) is 42.6 Å². The zero-order valence-corrected chi connectivity index (χ0v) is 11.0. The maximum absolute atomic E-state index is 9.20. The van der Waals surface area contributed by atoms with Crippen molar-refractivity contribution in [1.82, 2.24) is 10.2 Å². The third-order valence-electron chi connectivity index (χ3n) is 2.88. The Balaban J connectivity index is 2.41. The van der Waals surface area contributed by atoms with Gasteiger partial charge in [0.25, 0.3) is 0 Å². The van der Waals surface area contributed by atoms with E-state index in [2.05, 4.69) is 28.1 Å². The van der Waals surface area contributed by atoms with Gasteiger partial charge in [0, 0.05) is 12.2 Å². The van der Waals surface area contributed by atoms with Crippen LogP contribution in [-0.4, -0.2) is 16.7 Å². The third kappa shape index (κ3) is 3.08. The molecule has 2 aromatic rings. The summed E-state index contributed by atoms with van der Waals surface area (Å²) in [6.07, 6.45) is 3.67. The molecule has 0 aliphatic rings. The Morgan fingerprint density at radius 2 is 2.00 bits per heavy atom. The van der Waals surface area contributed by atoms with Crippen LogP contribution in [0.5, 0.6) is 0 Å². The van der Waals surface area contributed by atoms with Crippen LogP contribution in [0.2, 0.25) is 0 Å². The first-order valence-electron chi connectivity index (χ1n) is 6.41. The molecular weight excluding hydrogens is 236 g/mol. The summed E-state index contributed by atoms with van der Waals surface area (Å²) in [5.74, 6) is 0.629. The van der Waals surface area contributed by atoms with Crippen LogP contribution < -0.4 is 4.90 Å². The number of benzene rings is 1. The van der Waals surface area contributed by atoms with Crippen molar-refractivity contribution < 1.29 is 0 Å². The quantitative estimate of drug-likeness (QED) is 0.819. The highest BCUT2D eigenvalue weighted by molar-refractivity contribution is 5.64. The maximum atomic E-state index is 9.20. The lowest BCUT2D eigenvalue weighted by Gasteiger charge is -2.23. The second-order valence-corrected chi connectivity index (χ2v) is 4.22. The molecule has 1 heterocycles. The van der Waals surface area contributed by atoms with E-state index in [0.29, 0.717) is 11.4 Å². The number of hydrogen-bond donors (Lipinski definition) is 0. The number of nitrogens with zero attached hydrogens (tertiary/aromatic N) is 4. The second-order valence-electron chi connectivity index (χ2n) is 4.22. The minimum Gasteiger partial charge on any atom is -0.324 e. The van der Waals surface area contributed by atoms with E-state index in [1.165, 1.54) is 0 Å². The van der Waals surface area contributed by atoms with Crippen molar-refractivity contribution in [3.63, 3.8) is 0 Å². The van der Waals surface area contributed by atoms with Crippen molar-refractivity contribution in [2.24, 2.45) is 0 Å². The van der Waals surface area contributed by atoms with Gasteiger partial charge in [0.15, 0.2) is 5.82 Å². The predicted octanol–water partition coefficient (Wildman–Crippen LogP) is 3.29. The lowest BCUT2D eigenvalue weighted by Crippen LogP contribution is -2.21. The zero-order chi connectivity index (χ0) is 13.5. The van der Waals surface area contributed by atoms with Crippen molar-refractivity contribution in [3.05, 3.63) is 48.2 Å². The van der Waals surface area contributed by atoms with Crippen molar-refractivity contribution in [2.45, 2.75) is 19.8 Å². The Hall–Kier alpha value is -2.41. The molecule has 1 aromatic heterocycles. The average molecular weight is 252 g/mol. The molecule has 0 unspecified atom stereocenters. The standard InChI is InChI=1S/C15H16N4/c1-2-3-11-19(14-7-5-4-6-8-14)15-13(12-16)9-10-17-18-15/h4-10H,2-3,11H2,1H3. The normalized spacial score (nSPS) is 9.89. The van der Waals surface area contributed by atoms with Gasteiger partial charge in [-0.05, 0) is 24.6 Å². The molecule has 0 N–H and O–H groups in total. The van der Waals surface area contributed by atoms with Gasteiger partial charge in [-0.25, -0.2) is 0 Å². The summed E-state index contributed by atoms with van der Waals surface area (Å²) in [7, 11) is 0. The van der Waals surface area contributed by atoms with Gasteiger partial charge in [0.1, 0.15) is 6.07 Å². The first-order valence-corrected chi connectivity index (χ1v) is 6.41. The Labute approximate surface area is 113 Å². The molecule has 0 aliphatic heterocycles. The Morgan fingerprint density at radius 3 is 2.68 bits per heavy atom. The lowest BCUT2D eigenvalue weighted by atomic mass is 10.2. The van der Waals surface area contributed by atoms with Crippen LogP contribution in [-0.2, 0) is 0 Å². The Morgan fingerprint density at radius 1 is 1.21 bits per heavy atom. The second kappa shape index (κ2) is 6.50. The molecule has 4 heteroatoms. The van der Waals surface area contributed by atoms with E-state index in [1.807, 2.05) is 30.3 Å². The van der Waals surface area contributed by atoms with Crippen LogP contribution >= 0.6 is 0 Å². The molecule has 0 fully saturated rings. The fraction of sp³-hybridized carbons (Fsp3) is 0.267. The molecule has 4 nitrogen and oxygen atoms in total. The van der Waals surface area contributed by atoms with Gasteiger partial charge in [0.05, 0.1) is 11.8 Å². The third-order valence-corrected chi connectivity index (χ3v) is 2.88. The molecule has 0 spiro atoms. The summed E-state index contributed by atoms with van der Waals surface area (Å²) in [5, 5.41) is 17.2. The number of aromatic nitrogens is 2. The average Bonchev–Trinajstić information content (AvgIpc) is 2.49. The summed E-state index contributed by atoms with van der Waals surface area (Å²) in [5.41, 5.74) is 1.59. The highest BCUT2D eigenvalue weighted by atomic mass is 15.3. The van der Waals surface area contributed by atoms with Crippen LogP contribution in [0.25, 0.3) is 0 Å². The number of unbranched alkanes of at least 4 members (excludes halogenated alkanes) is 1. The lowest BCUT2D eigenvalue weighted by molar-refractivity contribution is 0.772. The predicted molar refractivity (Wildman–Crippen MR) is 75.1 cm³/mol. The largest absolute Gasteiger partial charge is 0.324 e. The maximum Gasteiger partial charge on any atom is 0.173 e. The van der Waals surface area contributed by atoms with Crippen molar-refractivity contribution in [1.29, 1.82) is 5.26 Å². The minimum absolute atomic E-state index is 0.551. The molecule has 0 atom stereocenters. The number of para-hydroxylation sites is 1. The summed E-state index contributed by atoms with van der Waals surface area (Å²) in [6.45, 7) is 2.97. The van der Waals surface area contributed by atoms with Crippen molar-refractivity contribution in [3.8, 4) is 6.07 Å². The Bertz CT molecular complexity index is 560.